The summed E-state index contributed by atoms with van der Waals surface area (Å²) in [4.78, 5) is 28.5. The number of anilines is 1. The number of rotatable bonds is 5. The van der Waals surface area contributed by atoms with Crippen molar-refractivity contribution in [2.24, 2.45) is 10.8 Å². The average molecular weight is 521 g/mol. The van der Waals surface area contributed by atoms with Crippen molar-refractivity contribution in [2.75, 3.05) is 32.8 Å². The standard InChI is InChI=1S/C31H40N2O5/c1-18(34)32-23-10-8-19-12-26(36-5)28(37-6)29(38-7)27(19)21-9-11-24(25(35)13-22(21)23)33-17-31(4)15-20(33)14-30(2,3)16-31/h9,11-13,20,23H,8,10,14-17H2,1-7H3,(H,32,34). The Morgan fingerprint density at radius 1 is 1.03 bits per heavy atom. The number of benzene rings is 1. The summed E-state index contributed by atoms with van der Waals surface area (Å²) in [7, 11) is 4.82. The molecule has 204 valence electrons. The van der Waals surface area contributed by atoms with Gasteiger partial charge in [0.2, 0.25) is 17.1 Å². The van der Waals surface area contributed by atoms with Crippen LogP contribution in [0.4, 0.5) is 5.69 Å². The van der Waals surface area contributed by atoms with Crippen molar-refractivity contribution in [2.45, 2.75) is 71.9 Å². The minimum atomic E-state index is -0.307. The third-order valence-electron chi connectivity index (χ3n) is 8.62. The lowest BCUT2D eigenvalue weighted by molar-refractivity contribution is -0.119. The molecule has 3 unspecified atom stereocenters. The van der Waals surface area contributed by atoms with Crippen molar-refractivity contribution >= 4 is 11.6 Å². The van der Waals surface area contributed by atoms with Gasteiger partial charge in [-0.3, -0.25) is 9.59 Å². The summed E-state index contributed by atoms with van der Waals surface area (Å²) < 4.78 is 17.2. The van der Waals surface area contributed by atoms with Crippen LogP contribution in [0.15, 0.2) is 29.1 Å². The summed E-state index contributed by atoms with van der Waals surface area (Å²) >= 11 is 0. The van der Waals surface area contributed by atoms with Gasteiger partial charge in [-0.25, -0.2) is 0 Å². The van der Waals surface area contributed by atoms with Crippen LogP contribution in [0.1, 0.15) is 70.5 Å². The van der Waals surface area contributed by atoms with Gasteiger partial charge in [0.15, 0.2) is 11.5 Å². The molecule has 1 aliphatic heterocycles. The highest BCUT2D eigenvalue weighted by Crippen LogP contribution is 2.54. The predicted octanol–water partition coefficient (Wildman–Crippen LogP) is 5.27. The number of hydrogen-bond donors (Lipinski definition) is 1. The average Bonchev–Trinajstić information content (AvgIpc) is 2.94. The number of fused-ring (bicyclic) bond motifs is 5. The van der Waals surface area contributed by atoms with Crippen LogP contribution in [0.25, 0.3) is 11.1 Å². The minimum absolute atomic E-state index is 0.0153. The van der Waals surface area contributed by atoms with E-state index in [0.29, 0.717) is 36.1 Å². The number of aryl methyl sites for hydroxylation is 1. The molecule has 1 saturated heterocycles. The van der Waals surface area contributed by atoms with E-state index in [2.05, 4.69) is 31.0 Å². The van der Waals surface area contributed by atoms with Crippen molar-refractivity contribution < 1.29 is 19.0 Å². The summed E-state index contributed by atoms with van der Waals surface area (Å²) in [6, 6.07) is 7.78. The first kappa shape index (κ1) is 26.4. The van der Waals surface area contributed by atoms with Crippen molar-refractivity contribution in [3.63, 3.8) is 0 Å². The van der Waals surface area contributed by atoms with E-state index in [4.69, 9.17) is 14.2 Å². The maximum Gasteiger partial charge on any atom is 0.217 e. The number of nitrogens with zero attached hydrogens (tertiary/aromatic N) is 1. The molecule has 1 amide bonds. The largest absolute Gasteiger partial charge is 0.493 e. The topological polar surface area (TPSA) is 77.1 Å². The fourth-order valence-electron chi connectivity index (χ4n) is 7.68. The lowest BCUT2D eigenvalue weighted by Gasteiger charge is -2.39. The van der Waals surface area contributed by atoms with E-state index in [0.717, 1.165) is 53.7 Å². The molecular weight excluding hydrogens is 480 g/mol. The van der Waals surface area contributed by atoms with Crippen LogP contribution in [0.3, 0.4) is 0 Å². The molecule has 7 heteroatoms. The van der Waals surface area contributed by atoms with Gasteiger partial charge in [-0.05, 0) is 77.8 Å². The van der Waals surface area contributed by atoms with Crippen LogP contribution < -0.4 is 29.9 Å². The maximum atomic E-state index is 13.9. The highest BCUT2D eigenvalue weighted by molar-refractivity contribution is 5.84. The van der Waals surface area contributed by atoms with Gasteiger partial charge in [0.05, 0.1) is 33.1 Å². The van der Waals surface area contributed by atoms with Crippen LogP contribution >= 0.6 is 0 Å². The van der Waals surface area contributed by atoms with Gasteiger partial charge in [0.1, 0.15) is 0 Å². The smallest absolute Gasteiger partial charge is 0.217 e. The van der Waals surface area contributed by atoms with E-state index in [1.165, 1.54) is 6.92 Å². The van der Waals surface area contributed by atoms with Gasteiger partial charge in [-0.1, -0.05) is 26.8 Å². The molecule has 0 radical (unpaired) electrons. The van der Waals surface area contributed by atoms with Gasteiger partial charge in [-0.15, -0.1) is 0 Å². The van der Waals surface area contributed by atoms with E-state index in [9.17, 15) is 9.59 Å². The van der Waals surface area contributed by atoms with E-state index < -0.39 is 0 Å². The summed E-state index contributed by atoms with van der Waals surface area (Å²) in [6.45, 7) is 9.44. The molecule has 2 fully saturated rings. The first-order chi connectivity index (χ1) is 18.0. The third-order valence-corrected chi connectivity index (χ3v) is 8.62. The van der Waals surface area contributed by atoms with Crippen LogP contribution in [0.5, 0.6) is 17.2 Å². The van der Waals surface area contributed by atoms with Crippen molar-refractivity contribution in [1.82, 2.24) is 5.32 Å². The SMILES string of the molecule is COc1cc2c(c(OC)c1OC)-c1ccc(N3CC4(C)CC3CC(C)(C)C4)c(=O)cc1C(NC(C)=O)CC2. The Bertz CT molecular complexity index is 1340. The highest BCUT2D eigenvalue weighted by Gasteiger charge is 2.50. The molecule has 7 nitrogen and oxygen atoms in total. The van der Waals surface area contributed by atoms with Gasteiger partial charge < -0.3 is 24.4 Å². The molecule has 0 aromatic heterocycles. The molecule has 2 bridgehead atoms. The second-order valence-electron chi connectivity index (χ2n) is 12.4. The monoisotopic (exact) mass is 520 g/mol. The molecule has 1 N–H and O–H groups in total. The van der Waals surface area contributed by atoms with E-state index in [-0.39, 0.29) is 28.2 Å². The Kier molecular flexibility index (Phi) is 6.60. The summed E-state index contributed by atoms with van der Waals surface area (Å²) in [5.41, 5.74) is 4.74. The molecule has 3 atom stereocenters. The number of ether oxygens (including phenoxy) is 3. The van der Waals surface area contributed by atoms with Gasteiger partial charge >= 0.3 is 0 Å². The quantitative estimate of drug-likeness (QED) is 0.579. The highest BCUT2D eigenvalue weighted by atomic mass is 16.5. The minimum Gasteiger partial charge on any atom is -0.493 e. The fourth-order valence-corrected chi connectivity index (χ4v) is 7.68. The van der Waals surface area contributed by atoms with Gasteiger partial charge in [-0.2, -0.15) is 0 Å². The number of methoxy groups -OCH3 is 3. The number of nitrogens with one attached hydrogen (secondary N) is 1. The molecule has 2 aromatic carbocycles. The number of amides is 1. The zero-order valence-electron chi connectivity index (χ0n) is 23.7. The van der Waals surface area contributed by atoms with Crippen LogP contribution in [-0.4, -0.2) is 39.8 Å². The number of carbonyl (C=O) groups excluding carboxylic acids is 1. The van der Waals surface area contributed by atoms with Gasteiger partial charge in [0.25, 0.3) is 0 Å². The van der Waals surface area contributed by atoms with Crippen molar-refractivity contribution in [3.8, 4) is 28.4 Å². The van der Waals surface area contributed by atoms with Crippen LogP contribution in [0, 0.1) is 10.8 Å². The second-order valence-corrected chi connectivity index (χ2v) is 12.4. The maximum absolute atomic E-state index is 13.9. The fraction of sp³-hybridized carbons (Fsp3) is 0.548. The Morgan fingerprint density at radius 3 is 2.42 bits per heavy atom. The van der Waals surface area contributed by atoms with Crippen molar-refractivity contribution in [1.29, 1.82) is 0 Å². The zero-order valence-corrected chi connectivity index (χ0v) is 23.7. The molecule has 2 aliphatic carbocycles. The molecule has 38 heavy (non-hydrogen) atoms. The van der Waals surface area contributed by atoms with E-state index >= 15 is 0 Å². The molecule has 3 aliphatic rings. The lowest BCUT2D eigenvalue weighted by atomic mass is 9.65. The van der Waals surface area contributed by atoms with Crippen LogP contribution in [-0.2, 0) is 11.2 Å². The molecule has 1 heterocycles. The Labute approximate surface area is 225 Å². The van der Waals surface area contributed by atoms with Gasteiger partial charge in [0, 0.05) is 25.1 Å². The zero-order chi connectivity index (χ0) is 27.4. The molecule has 2 aromatic rings. The van der Waals surface area contributed by atoms with E-state index in [1.807, 2.05) is 18.2 Å². The van der Waals surface area contributed by atoms with Crippen LogP contribution in [0.2, 0.25) is 0 Å². The molecular formula is C31H40N2O5. The lowest BCUT2D eigenvalue weighted by Crippen LogP contribution is -2.36. The Morgan fingerprint density at radius 2 is 1.76 bits per heavy atom. The number of hydrogen-bond acceptors (Lipinski definition) is 6. The first-order valence-electron chi connectivity index (χ1n) is 13.5. The predicted molar refractivity (Wildman–Crippen MR) is 150 cm³/mol. The Balaban J connectivity index is 1.73. The summed E-state index contributed by atoms with van der Waals surface area (Å²) in [6.07, 6.45) is 4.67. The first-order valence-corrected chi connectivity index (χ1v) is 13.5. The Hall–Kier alpha value is -3.22. The van der Waals surface area contributed by atoms with Crippen molar-refractivity contribution in [3.05, 3.63) is 45.6 Å². The normalized spacial score (nSPS) is 25.1. The summed E-state index contributed by atoms with van der Waals surface area (Å²) in [5.74, 6) is 1.54. The summed E-state index contributed by atoms with van der Waals surface area (Å²) in [5, 5.41) is 3.10. The van der Waals surface area contributed by atoms with E-state index in [1.54, 1.807) is 27.4 Å². The number of carbonyl (C=O) groups is 1. The molecule has 1 saturated carbocycles. The molecule has 5 rings (SSSR count). The second kappa shape index (κ2) is 9.51. The molecule has 0 spiro atoms. The third kappa shape index (κ3) is 4.50.